The summed E-state index contributed by atoms with van der Waals surface area (Å²) >= 11 is 11.9. The van der Waals surface area contributed by atoms with Gasteiger partial charge in [-0.3, -0.25) is 20.4 Å². The third kappa shape index (κ3) is 4.23. The summed E-state index contributed by atoms with van der Waals surface area (Å²) in [6, 6.07) is 10.1. The fraction of sp³-hybridized carbons (Fsp3) is 0.211. The first-order valence-electron chi connectivity index (χ1n) is 8.39. The predicted molar refractivity (Wildman–Crippen MR) is 106 cm³/mol. The molecule has 0 saturated heterocycles. The van der Waals surface area contributed by atoms with Crippen molar-refractivity contribution >= 4 is 46.0 Å². The van der Waals surface area contributed by atoms with Gasteiger partial charge in [-0.05, 0) is 49.7 Å². The van der Waals surface area contributed by atoms with Gasteiger partial charge in [-0.1, -0.05) is 29.3 Å². The van der Waals surface area contributed by atoms with E-state index in [4.69, 9.17) is 23.2 Å². The fourth-order valence-corrected chi connectivity index (χ4v) is 3.35. The number of carbonyl (C=O) groups is 2. The molecule has 140 valence electrons. The highest BCUT2D eigenvalue weighted by Gasteiger charge is 2.13. The van der Waals surface area contributed by atoms with E-state index in [1.54, 1.807) is 30.3 Å². The van der Waals surface area contributed by atoms with Crippen molar-refractivity contribution in [2.75, 3.05) is 0 Å². The van der Waals surface area contributed by atoms with Gasteiger partial charge in [0.25, 0.3) is 5.91 Å². The van der Waals surface area contributed by atoms with Gasteiger partial charge in [0.05, 0.1) is 17.5 Å². The second-order valence-corrected chi connectivity index (χ2v) is 6.87. The van der Waals surface area contributed by atoms with E-state index < -0.39 is 5.91 Å². The van der Waals surface area contributed by atoms with Crippen LogP contribution in [0.25, 0.3) is 11.0 Å². The molecule has 0 aliphatic heterocycles. The molecule has 0 radical (unpaired) electrons. The number of amides is 2. The number of nitrogens with zero attached hydrogens (tertiary/aromatic N) is 2. The fourth-order valence-electron chi connectivity index (χ4n) is 2.87. The van der Waals surface area contributed by atoms with Gasteiger partial charge in [-0.25, -0.2) is 4.98 Å². The molecule has 3 rings (SSSR count). The summed E-state index contributed by atoms with van der Waals surface area (Å²) in [7, 11) is 0. The van der Waals surface area contributed by atoms with Crippen LogP contribution in [0.15, 0.2) is 36.4 Å². The van der Waals surface area contributed by atoms with Crippen LogP contribution < -0.4 is 10.9 Å². The maximum atomic E-state index is 12.3. The Balaban J connectivity index is 1.65. The van der Waals surface area contributed by atoms with Gasteiger partial charge >= 0.3 is 0 Å². The van der Waals surface area contributed by atoms with Gasteiger partial charge in [0.1, 0.15) is 5.82 Å². The van der Waals surface area contributed by atoms with Gasteiger partial charge in [0.15, 0.2) is 0 Å². The average Bonchev–Trinajstić information content (AvgIpc) is 2.96. The third-order valence-electron chi connectivity index (χ3n) is 4.20. The molecule has 0 bridgehead atoms. The Morgan fingerprint density at radius 1 is 1.11 bits per heavy atom. The zero-order valence-corrected chi connectivity index (χ0v) is 16.4. The number of hydrogen-bond acceptors (Lipinski definition) is 3. The number of benzene rings is 2. The van der Waals surface area contributed by atoms with E-state index in [1.165, 1.54) is 0 Å². The molecule has 2 N–H and O–H groups in total. The molecule has 8 heteroatoms. The number of halogens is 2. The summed E-state index contributed by atoms with van der Waals surface area (Å²) in [5.41, 5.74) is 7.53. The van der Waals surface area contributed by atoms with E-state index in [0.29, 0.717) is 21.2 Å². The molecule has 1 aromatic heterocycles. The predicted octanol–water partition coefficient (Wildman–Crippen LogP) is 3.68. The highest BCUT2D eigenvalue weighted by molar-refractivity contribution is 6.35. The van der Waals surface area contributed by atoms with Crippen LogP contribution in [0.1, 0.15) is 28.7 Å². The van der Waals surface area contributed by atoms with Gasteiger partial charge in [0, 0.05) is 22.2 Å². The van der Waals surface area contributed by atoms with Crippen molar-refractivity contribution in [1.29, 1.82) is 0 Å². The van der Waals surface area contributed by atoms with Crippen LogP contribution >= 0.6 is 23.2 Å². The van der Waals surface area contributed by atoms with Crippen molar-refractivity contribution in [3.63, 3.8) is 0 Å². The van der Waals surface area contributed by atoms with Crippen molar-refractivity contribution in [1.82, 2.24) is 20.4 Å². The Bertz CT molecular complexity index is 1030. The zero-order chi connectivity index (χ0) is 19.6. The molecule has 0 fully saturated rings. The van der Waals surface area contributed by atoms with Crippen LogP contribution in [0, 0.1) is 6.92 Å². The SMILES string of the molecule is CCn1c(C)nc2cc(C(=O)NNC(=O)Cc3ccc(Cl)cc3Cl)ccc21. The van der Waals surface area contributed by atoms with Crippen LogP contribution in [-0.2, 0) is 17.8 Å². The van der Waals surface area contributed by atoms with Gasteiger partial charge in [0.2, 0.25) is 5.91 Å². The summed E-state index contributed by atoms with van der Waals surface area (Å²) in [6.07, 6.45) is 0.0232. The number of rotatable bonds is 4. The maximum absolute atomic E-state index is 12.3. The van der Waals surface area contributed by atoms with Crippen LogP contribution in [0.3, 0.4) is 0 Å². The number of aryl methyl sites for hydroxylation is 2. The molecule has 0 unspecified atom stereocenters. The van der Waals surface area contributed by atoms with E-state index in [0.717, 1.165) is 23.4 Å². The zero-order valence-electron chi connectivity index (χ0n) is 14.8. The lowest BCUT2D eigenvalue weighted by atomic mass is 10.1. The van der Waals surface area contributed by atoms with Gasteiger partial charge in [-0.15, -0.1) is 0 Å². The quantitative estimate of drug-likeness (QED) is 0.651. The minimum absolute atomic E-state index is 0.0232. The standard InChI is InChI=1S/C19H18Cl2N4O2/c1-3-25-11(2)22-16-8-13(5-7-17(16)25)19(27)24-23-18(26)9-12-4-6-14(20)10-15(12)21/h4-8,10H,3,9H2,1-2H3,(H,23,26)(H,24,27). The van der Waals surface area contributed by atoms with Crippen molar-refractivity contribution in [3.8, 4) is 0 Å². The van der Waals surface area contributed by atoms with Crippen LogP contribution in [-0.4, -0.2) is 21.4 Å². The largest absolute Gasteiger partial charge is 0.329 e. The molecule has 0 atom stereocenters. The number of nitrogens with one attached hydrogen (secondary N) is 2. The van der Waals surface area contributed by atoms with E-state index >= 15 is 0 Å². The lowest BCUT2D eigenvalue weighted by Crippen LogP contribution is -2.42. The van der Waals surface area contributed by atoms with Crippen LogP contribution in [0.5, 0.6) is 0 Å². The number of carbonyl (C=O) groups excluding carboxylic acids is 2. The van der Waals surface area contributed by atoms with Crippen molar-refractivity contribution < 1.29 is 9.59 Å². The Morgan fingerprint density at radius 3 is 2.59 bits per heavy atom. The summed E-state index contributed by atoms with van der Waals surface area (Å²) in [5.74, 6) is 0.0779. The number of aromatic nitrogens is 2. The van der Waals surface area contributed by atoms with Crippen LogP contribution in [0.4, 0.5) is 0 Å². The molecule has 0 aliphatic carbocycles. The molecule has 1 heterocycles. The van der Waals surface area contributed by atoms with Gasteiger partial charge in [-0.2, -0.15) is 0 Å². The Labute approximate surface area is 166 Å². The number of imidazole rings is 1. The summed E-state index contributed by atoms with van der Waals surface area (Å²) < 4.78 is 2.06. The van der Waals surface area contributed by atoms with E-state index in [2.05, 4.69) is 20.4 Å². The van der Waals surface area contributed by atoms with Crippen molar-refractivity contribution in [3.05, 3.63) is 63.4 Å². The average molecular weight is 405 g/mol. The highest BCUT2D eigenvalue weighted by atomic mass is 35.5. The van der Waals surface area contributed by atoms with Crippen LogP contribution in [0.2, 0.25) is 10.0 Å². The lowest BCUT2D eigenvalue weighted by molar-refractivity contribution is -0.121. The molecule has 6 nitrogen and oxygen atoms in total. The first-order valence-corrected chi connectivity index (χ1v) is 9.14. The molecular weight excluding hydrogens is 387 g/mol. The molecule has 0 aliphatic rings. The minimum atomic E-state index is -0.420. The number of hydrazine groups is 1. The van der Waals surface area contributed by atoms with Crippen molar-refractivity contribution in [2.45, 2.75) is 26.8 Å². The van der Waals surface area contributed by atoms with E-state index in [1.807, 2.05) is 19.9 Å². The molecule has 2 aromatic carbocycles. The highest BCUT2D eigenvalue weighted by Crippen LogP contribution is 2.21. The normalized spacial score (nSPS) is 10.8. The van der Waals surface area contributed by atoms with E-state index in [-0.39, 0.29) is 12.3 Å². The molecular formula is C19H18Cl2N4O2. The first kappa shape index (κ1) is 19.2. The summed E-state index contributed by atoms with van der Waals surface area (Å²) in [4.78, 5) is 28.8. The number of hydrogen-bond donors (Lipinski definition) is 2. The summed E-state index contributed by atoms with van der Waals surface area (Å²) in [6.45, 7) is 4.76. The molecule has 27 heavy (non-hydrogen) atoms. The molecule has 2 amide bonds. The Kier molecular flexibility index (Phi) is 5.68. The van der Waals surface area contributed by atoms with E-state index in [9.17, 15) is 9.59 Å². The maximum Gasteiger partial charge on any atom is 0.269 e. The monoisotopic (exact) mass is 404 g/mol. The Hall–Kier alpha value is -2.57. The third-order valence-corrected chi connectivity index (χ3v) is 4.79. The Morgan fingerprint density at radius 2 is 1.89 bits per heavy atom. The molecule has 0 saturated carbocycles. The molecule has 0 spiro atoms. The lowest BCUT2D eigenvalue weighted by Gasteiger charge is -2.09. The topological polar surface area (TPSA) is 76.0 Å². The number of fused-ring (bicyclic) bond motifs is 1. The smallest absolute Gasteiger partial charge is 0.269 e. The summed E-state index contributed by atoms with van der Waals surface area (Å²) in [5, 5.41) is 0.893. The second-order valence-electron chi connectivity index (χ2n) is 6.02. The molecule has 3 aromatic rings. The second kappa shape index (κ2) is 7.98. The van der Waals surface area contributed by atoms with Gasteiger partial charge < -0.3 is 4.57 Å². The minimum Gasteiger partial charge on any atom is -0.329 e. The van der Waals surface area contributed by atoms with Crippen molar-refractivity contribution in [2.24, 2.45) is 0 Å². The first-order chi connectivity index (χ1) is 12.9.